The van der Waals surface area contributed by atoms with Crippen LogP contribution < -0.4 is 0 Å². The second-order valence-electron chi connectivity index (χ2n) is 6.93. The van der Waals surface area contributed by atoms with E-state index in [-0.39, 0.29) is 11.9 Å². The Morgan fingerprint density at radius 2 is 2.14 bits per heavy atom. The molecule has 1 aliphatic carbocycles. The molecular weight excluding hydrogens is 372 g/mol. The predicted molar refractivity (Wildman–Crippen MR) is 109 cm³/mol. The zero-order chi connectivity index (χ0) is 19.5. The van der Waals surface area contributed by atoms with Gasteiger partial charge < -0.3 is 9.32 Å². The van der Waals surface area contributed by atoms with Crippen molar-refractivity contribution in [3.8, 4) is 11.6 Å². The standard InChI is InChI=1S/C21H24N4O2S/c1-3-25-20(18-12-7-13-27-18)22-23-21(25)28-14-19(26)24(2)17-11-6-9-15-8-4-5-10-16(15)17/h4-5,7-8,10,12-13,17H,3,6,9,11,14H2,1-2H3. The first-order chi connectivity index (χ1) is 13.7. The van der Waals surface area contributed by atoms with E-state index in [1.807, 2.05) is 35.6 Å². The van der Waals surface area contributed by atoms with Gasteiger partial charge in [-0.25, -0.2) is 0 Å². The summed E-state index contributed by atoms with van der Waals surface area (Å²) < 4.78 is 7.42. The average molecular weight is 397 g/mol. The van der Waals surface area contributed by atoms with E-state index < -0.39 is 0 Å². The second kappa shape index (κ2) is 8.22. The van der Waals surface area contributed by atoms with Crippen molar-refractivity contribution in [3.05, 3.63) is 53.8 Å². The minimum atomic E-state index is 0.108. The van der Waals surface area contributed by atoms with Gasteiger partial charge in [-0.2, -0.15) is 0 Å². The van der Waals surface area contributed by atoms with E-state index in [1.165, 1.54) is 22.9 Å². The first kappa shape index (κ1) is 18.8. The Morgan fingerprint density at radius 3 is 2.93 bits per heavy atom. The van der Waals surface area contributed by atoms with E-state index in [9.17, 15) is 4.79 Å². The van der Waals surface area contributed by atoms with Crippen molar-refractivity contribution in [2.45, 2.75) is 43.9 Å². The molecule has 3 aromatic rings. The van der Waals surface area contributed by atoms with Crippen LogP contribution in [0.5, 0.6) is 0 Å². The summed E-state index contributed by atoms with van der Waals surface area (Å²) in [4.78, 5) is 14.8. The van der Waals surface area contributed by atoms with Crippen molar-refractivity contribution >= 4 is 17.7 Å². The van der Waals surface area contributed by atoms with Gasteiger partial charge in [0.2, 0.25) is 5.91 Å². The fourth-order valence-corrected chi connectivity index (χ4v) is 4.73. The Labute approximate surface area is 168 Å². The Hall–Kier alpha value is -2.54. The minimum absolute atomic E-state index is 0.108. The number of benzene rings is 1. The number of thioether (sulfide) groups is 1. The largest absolute Gasteiger partial charge is 0.461 e. The van der Waals surface area contributed by atoms with Gasteiger partial charge in [-0.15, -0.1) is 10.2 Å². The highest BCUT2D eigenvalue weighted by Gasteiger charge is 2.27. The molecule has 0 bridgehead atoms. The molecule has 0 spiro atoms. The summed E-state index contributed by atoms with van der Waals surface area (Å²) in [5.74, 6) is 1.82. The van der Waals surface area contributed by atoms with Gasteiger partial charge in [-0.05, 0) is 49.4 Å². The highest BCUT2D eigenvalue weighted by molar-refractivity contribution is 7.99. The quantitative estimate of drug-likeness (QED) is 0.585. The van der Waals surface area contributed by atoms with E-state index >= 15 is 0 Å². The van der Waals surface area contributed by atoms with Crippen LogP contribution in [0.2, 0.25) is 0 Å². The van der Waals surface area contributed by atoms with Gasteiger partial charge in [-0.1, -0.05) is 36.0 Å². The number of fused-ring (bicyclic) bond motifs is 1. The van der Waals surface area contributed by atoms with Crippen molar-refractivity contribution in [1.29, 1.82) is 0 Å². The summed E-state index contributed by atoms with van der Waals surface area (Å²) in [6.07, 6.45) is 4.84. The normalized spacial score (nSPS) is 16.0. The highest BCUT2D eigenvalue weighted by Crippen LogP contribution is 2.34. The van der Waals surface area contributed by atoms with Crippen LogP contribution in [0.4, 0.5) is 0 Å². The molecule has 0 saturated heterocycles. The topological polar surface area (TPSA) is 64.2 Å². The summed E-state index contributed by atoms with van der Waals surface area (Å²) in [5.41, 5.74) is 2.64. The van der Waals surface area contributed by atoms with E-state index in [4.69, 9.17) is 4.42 Å². The zero-order valence-electron chi connectivity index (χ0n) is 16.2. The van der Waals surface area contributed by atoms with Crippen LogP contribution in [0.1, 0.15) is 36.9 Å². The molecule has 0 fully saturated rings. The average Bonchev–Trinajstić information content (AvgIpc) is 3.40. The van der Waals surface area contributed by atoms with Gasteiger partial charge in [0.1, 0.15) is 0 Å². The molecule has 1 aromatic carbocycles. The van der Waals surface area contributed by atoms with Gasteiger partial charge in [0.25, 0.3) is 0 Å². The summed E-state index contributed by atoms with van der Waals surface area (Å²) in [6.45, 7) is 2.75. The van der Waals surface area contributed by atoms with Gasteiger partial charge in [0, 0.05) is 13.6 Å². The lowest BCUT2D eigenvalue weighted by Gasteiger charge is -2.33. The molecule has 1 aliphatic rings. The number of carbonyl (C=O) groups excluding carboxylic acids is 1. The summed E-state index contributed by atoms with van der Waals surface area (Å²) in [5, 5.41) is 9.25. The number of rotatable bonds is 6. The molecule has 1 amide bonds. The third-order valence-corrected chi connectivity index (χ3v) is 6.25. The number of aromatic nitrogens is 3. The van der Waals surface area contributed by atoms with Gasteiger partial charge >= 0.3 is 0 Å². The van der Waals surface area contributed by atoms with Crippen molar-refractivity contribution in [2.24, 2.45) is 0 Å². The maximum absolute atomic E-state index is 12.9. The lowest BCUT2D eigenvalue weighted by Crippen LogP contribution is -2.34. The number of aryl methyl sites for hydroxylation is 1. The molecule has 0 N–H and O–H groups in total. The van der Waals surface area contributed by atoms with E-state index in [0.717, 1.165) is 24.4 Å². The Balaban J connectivity index is 1.45. The Morgan fingerprint density at radius 1 is 1.29 bits per heavy atom. The van der Waals surface area contributed by atoms with E-state index in [1.54, 1.807) is 6.26 Å². The zero-order valence-corrected chi connectivity index (χ0v) is 17.0. The van der Waals surface area contributed by atoms with Crippen LogP contribution in [0.3, 0.4) is 0 Å². The van der Waals surface area contributed by atoms with Crippen LogP contribution >= 0.6 is 11.8 Å². The smallest absolute Gasteiger partial charge is 0.233 e. The third-order valence-electron chi connectivity index (χ3n) is 5.30. The van der Waals surface area contributed by atoms with Crippen LogP contribution in [0.15, 0.2) is 52.2 Å². The number of carbonyl (C=O) groups is 1. The van der Waals surface area contributed by atoms with E-state index in [0.29, 0.717) is 23.9 Å². The number of furan rings is 1. The van der Waals surface area contributed by atoms with Gasteiger partial charge in [0.15, 0.2) is 16.7 Å². The maximum Gasteiger partial charge on any atom is 0.233 e. The monoisotopic (exact) mass is 396 g/mol. The molecule has 0 saturated carbocycles. The lowest BCUT2D eigenvalue weighted by molar-refractivity contribution is -0.129. The molecule has 6 nitrogen and oxygen atoms in total. The first-order valence-corrected chi connectivity index (χ1v) is 10.6. The molecule has 0 radical (unpaired) electrons. The number of amides is 1. The summed E-state index contributed by atoms with van der Waals surface area (Å²) >= 11 is 1.43. The number of hydrogen-bond acceptors (Lipinski definition) is 5. The minimum Gasteiger partial charge on any atom is -0.461 e. The molecule has 7 heteroatoms. The van der Waals surface area contributed by atoms with Gasteiger partial charge in [-0.3, -0.25) is 9.36 Å². The molecule has 146 valence electrons. The maximum atomic E-state index is 12.9. The van der Waals surface area contributed by atoms with Crippen molar-refractivity contribution in [3.63, 3.8) is 0 Å². The fourth-order valence-electron chi connectivity index (χ4n) is 3.80. The van der Waals surface area contributed by atoms with E-state index in [2.05, 4.69) is 34.5 Å². The fraction of sp³-hybridized carbons (Fsp3) is 0.381. The van der Waals surface area contributed by atoms with Crippen molar-refractivity contribution < 1.29 is 9.21 Å². The number of nitrogens with zero attached hydrogens (tertiary/aromatic N) is 4. The summed E-state index contributed by atoms with van der Waals surface area (Å²) in [7, 11) is 1.91. The lowest BCUT2D eigenvalue weighted by atomic mass is 9.87. The van der Waals surface area contributed by atoms with Crippen LogP contribution in [0, 0.1) is 0 Å². The Bertz CT molecular complexity index is 951. The highest BCUT2D eigenvalue weighted by atomic mass is 32.2. The SMILES string of the molecule is CCn1c(SCC(=O)N(C)C2CCCc3ccccc32)nnc1-c1ccco1. The van der Waals surface area contributed by atoms with Crippen LogP contribution in [-0.2, 0) is 17.8 Å². The predicted octanol–water partition coefficient (Wildman–Crippen LogP) is 4.19. The molecule has 1 atom stereocenters. The van der Waals surface area contributed by atoms with Gasteiger partial charge in [0.05, 0.1) is 18.1 Å². The second-order valence-corrected chi connectivity index (χ2v) is 7.87. The molecular formula is C21H24N4O2S. The summed E-state index contributed by atoms with van der Waals surface area (Å²) in [6, 6.07) is 12.3. The number of hydrogen-bond donors (Lipinski definition) is 0. The third kappa shape index (κ3) is 3.58. The molecule has 2 heterocycles. The van der Waals surface area contributed by atoms with Crippen LogP contribution in [-0.4, -0.2) is 38.4 Å². The molecule has 2 aromatic heterocycles. The first-order valence-electron chi connectivity index (χ1n) is 9.62. The van der Waals surface area contributed by atoms with Crippen molar-refractivity contribution in [1.82, 2.24) is 19.7 Å². The molecule has 28 heavy (non-hydrogen) atoms. The Kier molecular flexibility index (Phi) is 5.52. The molecule has 0 aliphatic heterocycles. The van der Waals surface area contributed by atoms with Crippen molar-refractivity contribution in [2.75, 3.05) is 12.8 Å². The van der Waals surface area contributed by atoms with Crippen LogP contribution in [0.25, 0.3) is 11.6 Å². The molecule has 4 rings (SSSR count). The molecule has 1 unspecified atom stereocenters.